The second-order valence-corrected chi connectivity index (χ2v) is 6.35. The van der Waals surface area contributed by atoms with Crippen LogP contribution in [0.2, 0.25) is 0 Å². The zero-order valence-corrected chi connectivity index (χ0v) is 13.2. The smallest absolute Gasteiger partial charge is 0.0928 e. The van der Waals surface area contributed by atoms with Crippen LogP contribution in [0.1, 0.15) is 43.3 Å². The van der Waals surface area contributed by atoms with Gasteiger partial charge in [0.25, 0.3) is 0 Å². The number of aliphatic hydroxyl groups is 1. The fourth-order valence-electron chi connectivity index (χ4n) is 2.53. The first-order valence-corrected chi connectivity index (χ1v) is 8.58. The summed E-state index contributed by atoms with van der Waals surface area (Å²) in [6.45, 7) is 6.26. The van der Waals surface area contributed by atoms with Crippen molar-refractivity contribution < 1.29 is 9.84 Å². The molecule has 5 heteroatoms. The Morgan fingerprint density at radius 1 is 1.45 bits per heavy atom. The molecule has 0 aromatic carbocycles. The molecule has 114 valence electrons. The van der Waals surface area contributed by atoms with E-state index >= 15 is 0 Å². The highest BCUT2D eigenvalue weighted by Crippen LogP contribution is 2.18. The molecule has 1 aliphatic rings. The van der Waals surface area contributed by atoms with E-state index in [0.29, 0.717) is 12.7 Å². The molecule has 0 atom stereocenters. The Labute approximate surface area is 125 Å². The number of aromatic nitrogens is 1. The minimum atomic E-state index is 0.225. The quantitative estimate of drug-likeness (QED) is 0.749. The zero-order valence-electron chi connectivity index (χ0n) is 12.4. The van der Waals surface area contributed by atoms with Gasteiger partial charge in [-0.15, -0.1) is 11.3 Å². The minimum absolute atomic E-state index is 0.225. The van der Waals surface area contributed by atoms with Crippen LogP contribution in [0.25, 0.3) is 0 Å². The Morgan fingerprint density at radius 2 is 2.25 bits per heavy atom. The average Bonchev–Trinajstić information content (AvgIpc) is 2.89. The van der Waals surface area contributed by atoms with Crippen molar-refractivity contribution >= 4 is 11.3 Å². The van der Waals surface area contributed by atoms with Crippen molar-refractivity contribution in [3.63, 3.8) is 0 Å². The minimum Gasteiger partial charge on any atom is -0.396 e. The van der Waals surface area contributed by atoms with Gasteiger partial charge in [-0.3, -0.25) is 4.90 Å². The van der Waals surface area contributed by atoms with Crippen LogP contribution in [0, 0.1) is 0 Å². The van der Waals surface area contributed by atoms with Crippen molar-refractivity contribution in [1.29, 1.82) is 0 Å². The zero-order chi connectivity index (χ0) is 14.2. The van der Waals surface area contributed by atoms with Crippen LogP contribution >= 0.6 is 11.3 Å². The number of likely N-dealkylation sites (tertiary alicyclic amines) is 1. The molecular weight excluding hydrogens is 272 g/mol. The summed E-state index contributed by atoms with van der Waals surface area (Å²) in [6, 6.07) is 0. The summed E-state index contributed by atoms with van der Waals surface area (Å²) >= 11 is 1.79. The third-order valence-corrected chi connectivity index (χ3v) is 4.60. The number of aliphatic hydroxyl groups excluding tert-OH is 1. The first kappa shape index (κ1) is 15.9. The Bertz CT molecular complexity index is 376. The van der Waals surface area contributed by atoms with Gasteiger partial charge in [0, 0.05) is 38.2 Å². The van der Waals surface area contributed by atoms with Crippen LogP contribution in [0.5, 0.6) is 0 Å². The lowest BCUT2D eigenvalue weighted by molar-refractivity contribution is 0.000598. The number of piperidine rings is 1. The molecule has 2 rings (SSSR count). The predicted octanol–water partition coefficient (Wildman–Crippen LogP) is 2.46. The molecule has 0 spiro atoms. The van der Waals surface area contributed by atoms with E-state index in [2.05, 4.69) is 17.2 Å². The molecule has 2 heterocycles. The summed E-state index contributed by atoms with van der Waals surface area (Å²) in [4.78, 5) is 7.16. The summed E-state index contributed by atoms with van der Waals surface area (Å²) in [6.07, 6.45) is 5.59. The topological polar surface area (TPSA) is 45.6 Å². The van der Waals surface area contributed by atoms with E-state index in [4.69, 9.17) is 14.8 Å². The molecule has 1 aromatic heterocycles. The number of hydrogen-bond acceptors (Lipinski definition) is 5. The van der Waals surface area contributed by atoms with Gasteiger partial charge >= 0.3 is 0 Å². The first-order chi connectivity index (χ1) is 9.81. The molecule has 0 amide bonds. The van der Waals surface area contributed by atoms with Gasteiger partial charge in [0.1, 0.15) is 0 Å². The SMILES string of the molecule is CCCc1nc(CN2CCC(OCCCO)CC2)cs1. The predicted molar refractivity (Wildman–Crippen MR) is 82.1 cm³/mol. The summed E-state index contributed by atoms with van der Waals surface area (Å²) in [5, 5.41) is 12.2. The van der Waals surface area contributed by atoms with Crippen LogP contribution in [0.3, 0.4) is 0 Å². The fraction of sp³-hybridized carbons (Fsp3) is 0.800. The molecule has 1 saturated heterocycles. The van der Waals surface area contributed by atoms with Gasteiger partial charge in [-0.2, -0.15) is 0 Å². The maximum absolute atomic E-state index is 8.75. The summed E-state index contributed by atoms with van der Waals surface area (Å²) in [7, 11) is 0. The summed E-state index contributed by atoms with van der Waals surface area (Å²) in [5.74, 6) is 0. The number of hydrogen-bond donors (Lipinski definition) is 1. The van der Waals surface area contributed by atoms with Crippen LogP contribution < -0.4 is 0 Å². The van der Waals surface area contributed by atoms with Gasteiger partial charge < -0.3 is 9.84 Å². The lowest BCUT2D eigenvalue weighted by Gasteiger charge is -2.31. The molecule has 0 unspecified atom stereocenters. The second kappa shape index (κ2) is 8.72. The molecule has 0 saturated carbocycles. The molecule has 1 fully saturated rings. The fourth-order valence-corrected chi connectivity index (χ4v) is 3.42. The van der Waals surface area contributed by atoms with Crippen molar-refractivity contribution in [2.24, 2.45) is 0 Å². The molecule has 1 aromatic rings. The first-order valence-electron chi connectivity index (χ1n) is 7.70. The van der Waals surface area contributed by atoms with E-state index in [1.165, 1.54) is 17.1 Å². The molecule has 0 radical (unpaired) electrons. The number of rotatable bonds is 8. The van der Waals surface area contributed by atoms with Gasteiger partial charge in [-0.1, -0.05) is 6.92 Å². The van der Waals surface area contributed by atoms with E-state index < -0.39 is 0 Å². The standard InChI is InChI=1S/C15H26N2O2S/c1-2-4-15-16-13(12-20-15)11-17-7-5-14(6-8-17)19-10-3-9-18/h12,14,18H,2-11H2,1H3. The normalized spacial score (nSPS) is 17.7. The number of aryl methyl sites for hydroxylation is 1. The van der Waals surface area contributed by atoms with Gasteiger partial charge in [-0.25, -0.2) is 4.98 Å². The van der Waals surface area contributed by atoms with Gasteiger partial charge in [-0.05, 0) is 32.1 Å². The number of ether oxygens (including phenoxy) is 1. The van der Waals surface area contributed by atoms with Crippen molar-refractivity contribution in [3.8, 4) is 0 Å². The van der Waals surface area contributed by atoms with Gasteiger partial charge in [0.05, 0.1) is 16.8 Å². The van der Waals surface area contributed by atoms with E-state index in [9.17, 15) is 0 Å². The van der Waals surface area contributed by atoms with E-state index in [1.807, 2.05) is 0 Å². The van der Waals surface area contributed by atoms with Crippen molar-refractivity contribution in [2.45, 2.75) is 51.7 Å². The van der Waals surface area contributed by atoms with Gasteiger partial charge in [0.2, 0.25) is 0 Å². The van der Waals surface area contributed by atoms with Crippen molar-refractivity contribution in [1.82, 2.24) is 9.88 Å². The maximum Gasteiger partial charge on any atom is 0.0928 e. The molecule has 4 nitrogen and oxygen atoms in total. The maximum atomic E-state index is 8.75. The molecular formula is C15H26N2O2S. The molecule has 1 aliphatic heterocycles. The van der Waals surface area contributed by atoms with Crippen LogP contribution in [0.15, 0.2) is 5.38 Å². The molecule has 0 aliphatic carbocycles. The third kappa shape index (κ3) is 5.13. The van der Waals surface area contributed by atoms with E-state index in [-0.39, 0.29) is 6.61 Å². The Kier molecular flexibility index (Phi) is 6.93. The van der Waals surface area contributed by atoms with E-state index in [0.717, 1.165) is 45.3 Å². The highest BCUT2D eigenvalue weighted by molar-refractivity contribution is 7.09. The monoisotopic (exact) mass is 298 g/mol. The number of thiazole rings is 1. The highest BCUT2D eigenvalue weighted by atomic mass is 32.1. The Hall–Kier alpha value is -0.490. The molecule has 20 heavy (non-hydrogen) atoms. The van der Waals surface area contributed by atoms with Gasteiger partial charge in [0.15, 0.2) is 0 Å². The van der Waals surface area contributed by atoms with Crippen LogP contribution in [0.4, 0.5) is 0 Å². The highest BCUT2D eigenvalue weighted by Gasteiger charge is 2.20. The second-order valence-electron chi connectivity index (χ2n) is 5.41. The lowest BCUT2D eigenvalue weighted by atomic mass is 10.1. The van der Waals surface area contributed by atoms with Crippen molar-refractivity contribution in [2.75, 3.05) is 26.3 Å². The Morgan fingerprint density at radius 3 is 2.95 bits per heavy atom. The van der Waals surface area contributed by atoms with Crippen LogP contribution in [-0.2, 0) is 17.7 Å². The van der Waals surface area contributed by atoms with Crippen LogP contribution in [-0.4, -0.2) is 47.4 Å². The Balaban J connectivity index is 1.68. The van der Waals surface area contributed by atoms with E-state index in [1.54, 1.807) is 11.3 Å². The molecule has 1 N–H and O–H groups in total. The van der Waals surface area contributed by atoms with Crippen molar-refractivity contribution in [3.05, 3.63) is 16.1 Å². The third-order valence-electron chi connectivity index (χ3n) is 3.64. The molecule has 0 bridgehead atoms. The average molecular weight is 298 g/mol. The number of nitrogens with zero attached hydrogens (tertiary/aromatic N) is 2. The summed E-state index contributed by atoms with van der Waals surface area (Å²) in [5.41, 5.74) is 1.22. The largest absolute Gasteiger partial charge is 0.396 e. The lowest BCUT2D eigenvalue weighted by Crippen LogP contribution is -2.36. The summed E-state index contributed by atoms with van der Waals surface area (Å²) < 4.78 is 5.76.